The van der Waals surface area contributed by atoms with Gasteiger partial charge in [0.05, 0.1) is 34.7 Å². The molecule has 3 saturated heterocycles. The smallest absolute Gasteiger partial charge is 0.245 e. The highest BCUT2D eigenvalue weighted by Gasteiger charge is 2.76. The van der Waals surface area contributed by atoms with Crippen molar-refractivity contribution < 1.29 is 19.5 Å². The first-order chi connectivity index (χ1) is 18.2. The Kier molecular flexibility index (Phi) is 7.43. The molecule has 2 aromatic rings. The maximum Gasteiger partial charge on any atom is 0.245 e. The van der Waals surface area contributed by atoms with E-state index in [-0.39, 0.29) is 48.1 Å². The number of aromatic nitrogens is 3. The van der Waals surface area contributed by atoms with Crippen LogP contribution in [0.15, 0.2) is 24.3 Å². The second kappa shape index (κ2) is 10.5. The number of para-hydroxylation sites is 1. The summed E-state index contributed by atoms with van der Waals surface area (Å²) in [6.45, 7) is 8.60. The van der Waals surface area contributed by atoms with Crippen molar-refractivity contribution in [3.63, 3.8) is 0 Å². The van der Waals surface area contributed by atoms with Gasteiger partial charge in [-0.1, -0.05) is 45.0 Å². The first kappa shape index (κ1) is 26.9. The van der Waals surface area contributed by atoms with Gasteiger partial charge in [0.2, 0.25) is 17.7 Å². The van der Waals surface area contributed by atoms with Gasteiger partial charge in [0, 0.05) is 11.8 Å². The maximum atomic E-state index is 14.2. The Morgan fingerprint density at radius 3 is 2.71 bits per heavy atom. The first-order valence-electron chi connectivity index (χ1n) is 13.7. The average Bonchev–Trinajstić information content (AvgIpc) is 3.61. The third-order valence-corrected chi connectivity index (χ3v) is 10.5. The Balaban J connectivity index is 1.50. The second-order valence-corrected chi connectivity index (χ2v) is 12.9. The van der Waals surface area contributed by atoms with E-state index in [1.165, 1.54) is 0 Å². The van der Waals surface area contributed by atoms with Gasteiger partial charge in [0.1, 0.15) is 18.2 Å². The predicted molar refractivity (Wildman–Crippen MR) is 145 cm³/mol. The van der Waals surface area contributed by atoms with Crippen molar-refractivity contribution >= 4 is 40.5 Å². The number of nitrogens with zero attached hydrogens (tertiary/aromatic N) is 4. The predicted octanol–water partition coefficient (Wildman–Crippen LogP) is 1.78. The molecule has 3 unspecified atom stereocenters. The highest BCUT2D eigenvalue weighted by Crippen LogP contribution is 2.68. The molecule has 5 rings (SSSR count). The van der Waals surface area contributed by atoms with Crippen LogP contribution in [-0.4, -0.2) is 78.0 Å². The van der Waals surface area contributed by atoms with Crippen LogP contribution in [0.3, 0.4) is 0 Å². The van der Waals surface area contributed by atoms with Gasteiger partial charge in [0.25, 0.3) is 0 Å². The lowest BCUT2D eigenvalue weighted by Crippen LogP contribution is -2.58. The van der Waals surface area contributed by atoms with Crippen molar-refractivity contribution in [1.82, 2.24) is 30.5 Å². The minimum absolute atomic E-state index is 0.00908. The van der Waals surface area contributed by atoms with E-state index >= 15 is 0 Å². The van der Waals surface area contributed by atoms with Crippen molar-refractivity contribution in [1.29, 1.82) is 0 Å². The number of hydrogen-bond donors (Lipinski definition) is 3. The SMILES string of the molecule is CCCNC(=O)[C@@H]1[C@@H]2CC(C)C3(S2)C(C(=O)NCn2nnc4ccccc42)N([C@@H](CO)CC(C)C)C(=O)[C@H]13. The summed E-state index contributed by atoms with van der Waals surface area (Å²) in [5.74, 6) is -1.36. The number of thioether (sulfide) groups is 1. The fourth-order valence-corrected chi connectivity index (χ4v) is 9.33. The topological polar surface area (TPSA) is 129 Å². The number of benzene rings is 1. The van der Waals surface area contributed by atoms with Crippen LogP contribution in [0.1, 0.15) is 47.0 Å². The number of likely N-dealkylation sites (tertiary alicyclic amines) is 1. The van der Waals surface area contributed by atoms with Gasteiger partial charge in [-0.15, -0.1) is 16.9 Å². The summed E-state index contributed by atoms with van der Waals surface area (Å²) in [7, 11) is 0. The van der Waals surface area contributed by atoms with Crippen LogP contribution in [0.25, 0.3) is 11.0 Å². The third-order valence-electron chi connectivity index (χ3n) is 8.45. The minimum Gasteiger partial charge on any atom is -0.394 e. The van der Waals surface area contributed by atoms with Crippen LogP contribution >= 0.6 is 11.8 Å². The number of carbonyl (C=O) groups is 3. The van der Waals surface area contributed by atoms with Crippen LogP contribution < -0.4 is 10.6 Å². The zero-order valence-corrected chi connectivity index (χ0v) is 23.3. The number of rotatable bonds is 10. The van der Waals surface area contributed by atoms with E-state index in [4.69, 9.17) is 0 Å². The molecule has 206 valence electrons. The van der Waals surface area contributed by atoms with Crippen LogP contribution in [-0.2, 0) is 21.1 Å². The standard InChI is InChI=1S/C27H38N6O4S/c1-5-10-28-24(35)21-20-12-16(4)27(38-20)22(21)26(37)33(17(13-34)11-15(2)3)23(27)25(36)29-14-32-19-9-7-6-8-18(19)30-31-32/h6-9,15-17,20-23,34H,5,10-14H2,1-4H3,(H,28,35)(H,29,36)/t16?,17-,20+,21-,22+,23?,27?/m1/s1. The summed E-state index contributed by atoms with van der Waals surface area (Å²) >= 11 is 1.64. The molecule has 0 saturated carbocycles. The molecule has 3 fully saturated rings. The number of carbonyl (C=O) groups excluding carboxylic acids is 3. The molecule has 38 heavy (non-hydrogen) atoms. The molecule has 1 aromatic carbocycles. The van der Waals surface area contributed by atoms with Gasteiger partial charge in [-0.05, 0) is 43.2 Å². The summed E-state index contributed by atoms with van der Waals surface area (Å²) in [4.78, 5) is 43.3. The van der Waals surface area contributed by atoms with E-state index in [1.807, 2.05) is 45.0 Å². The number of aliphatic hydroxyl groups excluding tert-OH is 1. The zero-order valence-electron chi connectivity index (χ0n) is 22.5. The lowest BCUT2D eigenvalue weighted by molar-refractivity contribution is -0.143. The molecule has 0 aliphatic carbocycles. The average molecular weight is 543 g/mol. The summed E-state index contributed by atoms with van der Waals surface area (Å²) in [6, 6.07) is 6.23. The van der Waals surface area contributed by atoms with Gasteiger partial charge < -0.3 is 20.6 Å². The molecular formula is C27H38N6O4S. The number of fused-ring (bicyclic) bond motifs is 2. The molecule has 3 amide bonds. The van der Waals surface area contributed by atoms with Gasteiger partial charge in [-0.3, -0.25) is 14.4 Å². The largest absolute Gasteiger partial charge is 0.394 e. The Labute approximate surface area is 227 Å². The van der Waals surface area contributed by atoms with Gasteiger partial charge in [0.15, 0.2) is 0 Å². The van der Waals surface area contributed by atoms with E-state index in [1.54, 1.807) is 21.3 Å². The van der Waals surface area contributed by atoms with E-state index in [0.29, 0.717) is 13.0 Å². The minimum atomic E-state index is -0.792. The molecule has 1 aromatic heterocycles. The molecule has 10 nitrogen and oxygen atoms in total. The van der Waals surface area contributed by atoms with Crippen molar-refractivity contribution in [2.45, 2.75) is 75.7 Å². The van der Waals surface area contributed by atoms with Crippen LogP contribution in [0.4, 0.5) is 0 Å². The number of nitrogens with one attached hydrogen (secondary N) is 2. The van der Waals surface area contributed by atoms with Gasteiger partial charge >= 0.3 is 0 Å². The van der Waals surface area contributed by atoms with E-state index in [9.17, 15) is 19.5 Å². The molecule has 0 radical (unpaired) electrons. The summed E-state index contributed by atoms with van der Waals surface area (Å²) in [6.07, 6.45) is 2.15. The Morgan fingerprint density at radius 1 is 1.24 bits per heavy atom. The number of aliphatic hydroxyl groups is 1. The maximum absolute atomic E-state index is 14.2. The van der Waals surface area contributed by atoms with E-state index in [2.05, 4.69) is 27.9 Å². The van der Waals surface area contributed by atoms with E-state index in [0.717, 1.165) is 23.9 Å². The summed E-state index contributed by atoms with van der Waals surface area (Å²) in [5.41, 5.74) is 1.53. The van der Waals surface area contributed by atoms with Crippen LogP contribution in [0.2, 0.25) is 0 Å². The second-order valence-electron chi connectivity index (χ2n) is 11.3. The fraction of sp³-hybridized carbons (Fsp3) is 0.667. The summed E-state index contributed by atoms with van der Waals surface area (Å²) < 4.78 is 0.902. The van der Waals surface area contributed by atoms with E-state index < -0.39 is 28.7 Å². The molecule has 3 aliphatic heterocycles. The number of amides is 3. The fourth-order valence-electron chi connectivity index (χ4n) is 6.92. The molecule has 3 aliphatic rings. The Bertz CT molecular complexity index is 1220. The van der Waals surface area contributed by atoms with Gasteiger partial charge in [-0.25, -0.2) is 4.68 Å². The molecule has 11 heteroatoms. The van der Waals surface area contributed by atoms with Crippen LogP contribution in [0.5, 0.6) is 0 Å². The molecular weight excluding hydrogens is 504 g/mol. The summed E-state index contributed by atoms with van der Waals surface area (Å²) in [5, 5.41) is 24.8. The molecule has 4 heterocycles. The van der Waals surface area contributed by atoms with Crippen LogP contribution in [0, 0.1) is 23.7 Å². The quantitative estimate of drug-likeness (QED) is 0.417. The monoisotopic (exact) mass is 542 g/mol. The molecule has 7 atom stereocenters. The first-order valence-corrected chi connectivity index (χ1v) is 14.6. The lowest BCUT2D eigenvalue weighted by Gasteiger charge is -2.40. The Hall–Kier alpha value is -2.66. The van der Waals surface area contributed by atoms with Crippen molar-refractivity contribution in [3.8, 4) is 0 Å². The van der Waals surface area contributed by atoms with Crippen molar-refractivity contribution in [3.05, 3.63) is 24.3 Å². The highest BCUT2D eigenvalue weighted by molar-refractivity contribution is 8.02. The van der Waals surface area contributed by atoms with Gasteiger partial charge in [-0.2, -0.15) is 0 Å². The van der Waals surface area contributed by atoms with Crippen molar-refractivity contribution in [2.24, 2.45) is 23.7 Å². The zero-order chi connectivity index (χ0) is 27.2. The highest BCUT2D eigenvalue weighted by atomic mass is 32.2. The number of hydrogen-bond acceptors (Lipinski definition) is 7. The normalized spacial score (nSPS) is 30.7. The third kappa shape index (κ3) is 4.18. The Morgan fingerprint density at radius 2 is 2.00 bits per heavy atom. The molecule has 1 spiro atoms. The molecule has 3 N–H and O–H groups in total. The van der Waals surface area contributed by atoms with Crippen molar-refractivity contribution in [2.75, 3.05) is 13.2 Å². The molecule has 2 bridgehead atoms. The lowest BCUT2D eigenvalue weighted by atomic mass is 9.66.